The summed E-state index contributed by atoms with van der Waals surface area (Å²) in [7, 11) is 0. The number of nitrogens with one attached hydrogen (secondary N) is 1. The van der Waals surface area contributed by atoms with Crippen molar-refractivity contribution in [3.63, 3.8) is 0 Å². The predicted octanol–water partition coefficient (Wildman–Crippen LogP) is 1.58. The summed E-state index contributed by atoms with van der Waals surface area (Å²) < 4.78 is 0. The molecule has 14 heavy (non-hydrogen) atoms. The van der Waals surface area contributed by atoms with E-state index in [1.165, 1.54) is 0 Å². The van der Waals surface area contributed by atoms with Gasteiger partial charge in [0, 0.05) is 23.6 Å². The SMILES string of the molecule is CCSCC(Cc1csc(C)n1)NN. The highest BCUT2D eigenvalue weighted by atomic mass is 32.2. The minimum atomic E-state index is 0.335. The van der Waals surface area contributed by atoms with Gasteiger partial charge in [-0.1, -0.05) is 6.92 Å². The molecule has 1 rings (SSSR count). The minimum absolute atomic E-state index is 0.335. The van der Waals surface area contributed by atoms with Crippen LogP contribution in [0.25, 0.3) is 0 Å². The molecule has 80 valence electrons. The summed E-state index contributed by atoms with van der Waals surface area (Å²) in [6.45, 7) is 4.19. The van der Waals surface area contributed by atoms with Crippen LogP contribution in [0.1, 0.15) is 17.6 Å². The maximum Gasteiger partial charge on any atom is 0.0897 e. The summed E-state index contributed by atoms with van der Waals surface area (Å²) >= 11 is 3.59. The summed E-state index contributed by atoms with van der Waals surface area (Å²) in [4.78, 5) is 4.42. The number of aryl methyl sites for hydroxylation is 1. The molecule has 0 fully saturated rings. The zero-order valence-electron chi connectivity index (χ0n) is 8.62. The van der Waals surface area contributed by atoms with Gasteiger partial charge in [0.1, 0.15) is 0 Å². The number of aromatic nitrogens is 1. The number of thioether (sulfide) groups is 1. The first-order chi connectivity index (χ1) is 6.76. The first kappa shape index (κ1) is 12.0. The fraction of sp³-hybridized carbons (Fsp3) is 0.667. The lowest BCUT2D eigenvalue weighted by Crippen LogP contribution is -2.38. The van der Waals surface area contributed by atoms with Gasteiger partial charge in [-0.05, 0) is 12.7 Å². The second-order valence-electron chi connectivity index (χ2n) is 3.09. The molecule has 0 saturated heterocycles. The van der Waals surface area contributed by atoms with Gasteiger partial charge in [0.15, 0.2) is 0 Å². The van der Waals surface area contributed by atoms with Crippen LogP contribution in [0, 0.1) is 6.92 Å². The van der Waals surface area contributed by atoms with Gasteiger partial charge in [-0.3, -0.25) is 11.3 Å². The van der Waals surface area contributed by atoms with Crippen LogP contribution in [0.5, 0.6) is 0 Å². The molecule has 0 aromatic carbocycles. The average Bonchev–Trinajstić information content (AvgIpc) is 2.58. The Morgan fingerprint density at radius 2 is 2.50 bits per heavy atom. The largest absolute Gasteiger partial charge is 0.271 e. The molecule has 1 aromatic rings. The molecule has 0 amide bonds. The van der Waals surface area contributed by atoms with E-state index in [1.807, 2.05) is 18.7 Å². The molecule has 1 unspecified atom stereocenters. The van der Waals surface area contributed by atoms with E-state index in [2.05, 4.69) is 22.7 Å². The van der Waals surface area contributed by atoms with Gasteiger partial charge in [-0.15, -0.1) is 11.3 Å². The van der Waals surface area contributed by atoms with Gasteiger partial charge in [0.2, 0.25) is 0 Å². The zero-order valence-corrected chi connectivity index (χ0v) is 10.3. The Hall–Kier alpha value is -0.100. The Morgan fingerprint density at radius 1 is 1.71 bits per heavy atom. The van der Waals surface area contributed by atoms with Crippen LogP contribution in [0.3, 0.4) is 0 Å². The highest BCUT2D eigenvalue weighted by Crippen LogP contribution is 2.11. The number of rotatable bonds is 6. The fourth-order valence-corrected chi connectivity index (χ4v) is 2.54. The Balaban J connectivity index is 2.40. The van der Waals surface area contributed by atoms with E-state index in [4.69, 9.17) is 5.84 Å². The number of nitrogens with two attached hydrogens (primary N) is 1. The molecule has 0 aliphatic heterocycles. The summed E-state index contributed by atoms with van der Waals surface area (Å²) in [6, 6.07) is 0.335. The monoisotopic (exact) mass is 231 g/mol. The van der Waals surface area contributed by atoms with Crippen LogP contribution in [-0.4, -0.2) is 22.5 Å². The molecule has 0 radical (unpaired) electrons. The number of thiazole rings is 1. The van der Waals surface area contributed by atoms with Gasteiger partial charge in [0.05, 0.1) is 10.7 Å². The molecule has 1 atom stereocenters. The standard InChI is InChI=1S/C9H17N3S2/c1-3-13-5-9(12-10)4-8-6-14-7(2)11-8/h6,9,12H,3-5,10H2,1-2H3. The van der Waals surface area contributed by atoms with E-state index in [1.54, 1.807) is 11.3 Å². The van der Waals surface area contributed by atoms with Crippen LogP contribution >= 0.6 is 23.1 Å². The molecule has 0 aliphatic carbocycles. The van der Waals surface area contributed by atoms with Crippen molar-refractivity contribution in [2.45, 2.75) is 26.3 Å². The van der Waals surface area contributed by atoms with Crippen LogP contribution in [0.4, 0.5) is 0 Å². The maximum atomic E-state index is 5.48. The van der Waals surface area contributed by atoms with Crippen molar-refractivity contribution in [3.8, 4) is 0 Å². The van der Waals surface area contributed by atoms with Gasteiger partial charge in [-0.2, -0.15) is 11.8 Å². The third-order valence-electron chi connectivity index (χ3n) is 1.88. The third-order valence-corrected chi connectivity index (χ3v) is 3.75. The lowest BCUT2D eigenvalue weighted by atomic mass is 10.2. The second-order valence-corrected chi connectivity index (χ2v) is 5.47. The Morgan fingerprint density at radius 3 is 3.00 bits per heavy atom. The molecule has 0 aliphatic rings. The summed E-state index contributed by atoms with van der Waals surface area (Å²) in [5.41, 5.74) is 3.98. The van der Waals surface area contributed by atoms with Crippen molar-refractivity contribution in [1.29, 1.82) is 0 Å². The van der Waals surface area contributed by atoms with Gasteiger partial charge < -0.3 is 0 Å². The molecule has 3 nitrogen and oxygen atoms in total. The normalized spacial score (nSPS) is 13.1. The van der Waals surface area contributed by atoms with Crippen molar-refractivity contribution >= 4 is 23.1 Å². The van der Waals surface area contributed by atoms with Crippen LogP contribution in [-0.2, 0) is 6.42 Å². The quantitative estimate of drug-likeness (QED) is 0.576. The van der Waals surface area contributed by atoms with E-state index < -0.39 is 0 Å². The van der Waals surface area contributed by atoms with Crippen molar-refractivity contribution < 1.29 is 0 Å². The van der Waals surface area contributed by atoms with E-state index in [9.17, 15) is 0 Å². The molecule has 5 heteroatoms. The van der Waals surface area contributed by atoms with E-state index >= 15 is 0 Å². The average molecular weight is 231 g/mol. The van der Waals surface area contributed by atoms with E-state index in [0.29, 0.717) is 6.04 Å². The highest BCUT2D eigenvalue weighted by molar-refractivity contribution is 7.99. The topological polar surface area (TPSA) is 50.9 Å². The van der Waals surface area contributed by atoms with Crippen molar-refractivity contribution in [2.24, 2.45) is 5.84 Å². The summed E-state index contributed by atoms with van der Waals surface area (Å²) in [5, 5.41) is 3.23. The van der Waals surface area contributed by atoms with E-state index in [-0.39, 0.29) is 0 Å². The van der Waals surface area contributed by atoms with Crippen LogP contribution in [0.15, 0.2) is 5.38 Å². The molecule has 3 N–H and O–H groups in total. The van der Waals surface area contributed by atoms with Gasteiger partial charge in [0.25, 0.3) is 0 Å². The van der Waals surface area contributed by atoms with Crippen molar-refractivity contribution in [1.82, 2.24) is 10.4 Å². The Kier molecular flexibility index (Phi) is 5.47. The van der Waals surface area contributed by atoms with Crippen LogP contribution in [0.2, 0.25) is 0 Å². The number of nitrogens with zero attached hydrogens (tertiary/aromatic N) is 1. The number of hydrazine groups is 1. The first-order valence-electron chi connectivity index (χ1n) is 4.71. The van der Waals surface area contributed by atoms with Gasteiger partial charge >= 0.3 is 0 Å². The smallest absolute Gasteiger partial charge is 0.0897 e. The zero-order chi connectivity index (χ0) is 10.4. The first-order valence-corrected chi connectivity index (χ1v) is 6.74. The molecular formula is C9H17N3S2. The summed E-state index contributed by atoms with van der Waals surface area (Å²) in [6.07, 6.45) is 0.924. The molecule has 1 heterocycles. The Bertz CT molecular complexity index is 262. The molecule has 0 saturated carbocycles. The number of hydrogen-bond acceptors (Lipinski definition) is 5. The lowest BCUT2D eigenvalue weighted by molar-refractivity contribution is 0.570. The molecular weight excluding hydrogens is 214 g/mol. The van der Waals surface area contributed by atoms with E-state index in [0.717, 1.165) is 28.6 Å². The predicted molar refractivity (Wildman–Crippen MR) is 64.7 cm³/mol. The lowest BCUT2D eigenvalue weighted by Gasteiger charge is -2.13. The van der Waals surface area contributed by atoms with Crippen molar-refractivity contribution in [3.05, 3.63) is 16.1 Å². The third kappa shape index (κ3) is 3.96. The number of hydrogen-bond donors (Lipinski definition) is 2. The second kappa shape index (κ2) is 6.40. The molecule has 1 aromatic heterocycles. The van der Waals surface area contributed by atoms with Gasteiger partial charge in [-0.25, -0.2) is 4.98 Å². The minimum Gasteiger partial charge on any atom is -0.271 e. The summed E-state index contributed by atoms with van der Waals surface area (Å²) in [5.74, 6) is 7.66. The van der Waals surface area contributed by atoms with Crippen molar-refractivity contribution in [2.75, 3.05) is 11.5 Å². The Labute approximate surface area is 93.5 Å². The molecule has 0 bridgehead atoms. The maximum absolute atomic E-state index is 5.48. The highest BCUT2D eigenvalue weighted by Gasteiger charge is 2.09. The van der Waals surface area contributed by atoms with Crippen LogP contribution < -0.4 is 11.3 Å². The molecule has 0 spiro atoms. The fourth-order valence-electron chi connectivity index (χ4n) is 1.18.